The fourth-order valence-electron chi connectivity index (χ4n) is 2.54. The Labute approximate surface area is 152 Å². The maximum atomic E-state index is 12.8. The van der Waals surface area contributed by atoms with Crippen LogP contribution in [-0.2, 0) is 10.9 Å². The minimum Gasteiger partial charge on any atom is -0.378 e. The van der Waals surface area contributed by atoms with Crippen LogP contribution in [0.15, 0.2) is 36.7 Å². The Morgan fingerprint density at radius 1 is 1.19 bits per heavy atom. The highest BCUT2D eigenvalue weighted by molar-refractivity contribution is 6.34. The molecule has 0 unspecified atom stereocenters. The molecule has 138 valence electrons. The summed E-state index contributed by atoms with van der Waals surface area (Å²) in [6.45, 7) is 2.50. The molecule has 1 aliphatic rings. The Morgan fingerprint density at radius 3 is 2.62 bits per heavy atom. The van der Waals surface area contributed by atoms with Crippen LogP contribution in [0.5, 0.6) is 0 Å². The monoisotopic (exact) mass is 385 g/mol. The van der Waals surface area contributed by atoms with Gasteiger partial charge in [0.1, 0.15) is 0 Å². The van der Waals surface area contributed by atoms with Crippen LogP contribution >= 0.6 is 11.6 Å². The summed E-state index contributed by atoms with van der Waals surface area (Å²) in [5, 5.41) is 2.43. The number of morpholine rings is 1. The molecule has 0 aliphatic carbocycles. The Morgan fingerprint density at radius 2 is 1.92 bits per heavy atom. The Bertz CT molecular complexity index is 808. The normalized spacial score (nSPS) is 15.0. The van der Waals surface area contributed by atoms with Crippen molar-refractivity contribution in [2.45, 2.75) is 6.18 Å². The van der Waals surface area contributed by atoms with Crippen molar-refractivity contribution in [3.63, 3.8) is 0 Å². The van der Waals surface area contributed by atoms with E-state index < -0.39 is 17.6 Å². The predicted molar refractivity (Wildman–Crippen MR) is 91.7 cm³/mol. The van der Waals surface area contributed by atoms with Crippen molar-refractivity contribution < 1.29 is 22.7 Å². The van der Waals surface area contributed by atoms with Gasteiger partial charge in [0.15, 0.2) is 0 Å². The van der Waals surface area contributed by atoms with Crippen LogP contribution in [-0.4, -0.2) is 37.2 Å². The molecule has 0 radical (unpaired) electrons. The average Bonchev–Trinajstić information content (AvgIpc) is 2.63. The molecule has 1 aromatic carbocycles. The van der Waals surface area contributed by atoms with Gasteiger partial charge in [-0.3, -0.25) is 9.78 Å². The number of hydrogen-bond donors (Lipinski definition) is 1. The average molecular weight is 386 g/mol. The number of amides is 1. The van der Waals surface area contributed by atoms with Gasteiger partial charge < -0.3 is 15.0 Å². The third-order valence-corrected chi connectivity index (χ3v) is 4.23. The highest BCUT2D eigenvalue weighted by Crippen LogP contribution is 2.34. The summed E-state index contributed by atoms with van der Waals surface area (Å²) >= 11 is 5.91. The van der Waals surface area contributed by atoms with Crippen LogP contribution in [0, 0.1) is 0 Å². The largest absolute Gasteiger partial charge is 0.416 e. The van der Waals surface area contributed by atoms with E-state index in [0.29, 0.717) is 26.3 Å². The maximum Gasteiger partial charge on any atom is 0.416 e. The van der Waals surface area contributed by atoms with Crippen LogP contribution in [0.1, 0.15) is 15.9 Å². The second-order valence-corrected chi connectivity index (χ2v) is 6.08. The van der Waals surface area contributed by atoms with E-state index in [4.69, 9.17) is 16.3 Å². The number of halogens is 4. The van der Waals surface area contributed by atoms with Gasteiger partial charge in [0.2, 0.25) is 0 Å². The van der Waals surface area contributed by atoms with Gasteiger partial charge in [0.25, 0.3) is 5.91 Å². The molecule has 5 nitrogen and oxygen atoms in total. The number of rotatable bonds is 3. The van der Waals surface area contributed by atoms with Crippen molar-refractivity contribution >= 4 is 28.9 Å². The summed E-state index contributed by atoms with van der Waals surface area (Å²) in [5.74, 6) is -0.589. The lowest BCUT2D eigenvalue weighted by atomic mass is 10.1. The fourth-order valence-corrected chi connectivity index (χ4v) is 2.70. The van der Waals surface area contributed by atoms with Crippen LogP contribution in [0.3, 0.4) is 0 Å². The summed E-state index contributed by atoms with van der Waals surface area (Å²) in [6, 6.07) is 4.40. The molecule has 0 saturated carbocycles. The summed E-state index contributed by atoms with van der Waals surface area (Å²) in [6.07, 6.45) is -1.55. The standard InChI is InChI=1S/C17H15ClF3N3O2/c18-14-2-1-12(17(19,20)21)8-15(14)23-16(25)11-7-13(10-22-9-11)24-3-5-26-6-4-24/h1-2,7-10H,3-6H2,(H,23,25). The number of nitrogens with zero attached hydrogens (tertiary/aromatic N) is 2. The number of benzene rings is 1. The molecule has 3 rings (SSSR count). The first-order valence-corrected chi connectivity index (χ1v) is 8.18. The van der Waals surface area contributed by atoms with Crippen molar-refractivity contribution in [2.24, 2.45) is 0 Å². The van der Waals surface area contributed by atoms with Crippen molar-refractivity contribution in [3.05, 3.63) is 52.8 Å². The molecule has 1 N–H and O–H groups in total. The molecule has 1 saturated heterocycles. The molecule has 1 fully saturated rings. The van der Waals surface area contributed by atoms with Gasteiger partial charge in [-0.1, -0.05) is 11.6 Å². The Balaban J connectivity index is 1.80. The van der Waals surface area contributed by atoms with Gasteiger partial charge in [0, 0.05) is 19.3 Å². The first-order valence-electron chi connectivity index (χ1n) is 7.80. The molecular formula is C17H15ClF3N3O2. The second kappa shape index (κ2) is 7.51. The van der Waals surface area contributed by atoms with Gasteiger partial charge in [-0.2, -0.15) is 13.2 Å². The molecule has 1 amide bonds. The van der Waals surface area contributed by atoms with Crippen LogP contribution in [0.4, 0.5) is 24.5 Å². The quantitative estimate of drug-likeness (QED) is 0.872. The predicted octanol–water partition coefficient (Wildman–Crippen LogP) is 3.84. The van der Waals surface area contributed by atoms with E-state index in [1.165, 1.54) is 6.20 Å². The van der Waals surface area contributed by atoms with Crippen molar-refractivity contribution in [2.75, 3.05) is 36.5 Å². The van der Waals surface area contributed by atoms with E-state index >= 15 is 0 Å². The summed E-state index contributed by atoms with van der Waals surface area (Å²) in [5.41, 5.74) is -0.0285. The number of nitrogens with one attached hydrogen (secondary N) is 1. The molecule has 2 aromatic rings. The number of carbonyl (C=O) groups excluding carboxylic acids is 1. The lowest BCUT2D eigenvalue weighted by molar-refractivity contribution is -0.137. The highest BCUT2D eigenvalue weighted by atomic mass is 35.5. The minimum absolute atomic E-state index is 0.0173. The van der Waals surface area contributed by atoms with Crippen LogP contribution in [0.25, 0.3) is 0 Å². The smallest absolute Gasteiger partial charge is 0.378 e. The van der Waals surface area contributed by atoms with E-state index in [9.17, 15) is 18.0 Å². The second-order valence-electron chi connectivity index (χ2n) is 5.68. The highest BCUT2D eigenvalue weighted by Gasteiger charge is 2.31. The lowest BCUT2D eigenvalue weighted by Crippen LogP contribution is -2.36. The van der Waals surface area contributed by atoms with E-state index in [-0.39, 0.29) is 16.3 Å². The first kappa shape index (κ1) is 18.5. The summed E-state index contributed by atoms with van der Waals surface area (Å²) in [4.78, 5) is 18.5. The third kappa shape index (κ3) is 4.25. The zero-order valence-electron chi connectivity index (χ0n) is 13.5. The number of hydrogen-bond acceptors (Lipinski definition) is 4. The van der Waals surface area contributed by atoms with E-state index in [0.717, 1.165) is 23.9 Å². The van der Waals surface area contributed by atoms with Gasteiger partial charge >= 0.3 is 6.18 Å². The maximum absolute atomic E-state index is 12.8. The number of anilines is 2. The van der Waals surface area contributed by atoms with Crippen molar-refractivity contribution in [1.29, 1.82) is 0 Å². The van der Waals surface area contributed by atoms with Crippen LogP contribution in [0.2, 0.25) is 5.02 Å². The molecular weight excluding hydrogens is 371 g/mol. The molecule has 0 bridgehead atoms. The first-order chi connectivity index (χ1) is 12.3. The minimum atomic E-state index is -4.53. The number of aromatic nitrogens is 1. The summed E-state index contributed by atoms with van der Waals surface area (Å²) in [7, 11) is 0. The number of pyridine rings is 1. The molecule has 9 heteroatoms. The zero-order chi connectivity index (χ0) is 18.7. The van der Waals surface area contributed by atoms with Gasteiger partial charge in [-0.05, 0) is 24.3 Å². The molecule has 1 aliphatic heterocycles. The number of carbonyl (C=O) groups is 1. The number of alkyl halides is 3. The third-order valence-electron chi connectivity index (χ3n) is 3.90. The molecule has 0 spiro atoms. The molecule has 0 atom stereocenters. The van der Waals surface area contributed by atoms with E-state index in [2.05, 4.69) is 10.3 Å². The molecule has 2 heterocycles. The Hall–Kier alpha value is -2.32. The van der Waals surface area contributed by atoms with Gasteiger partial charge in [-0.15, -0.1) is 0 Å². The van der Waals surface area contributed by atoms with Crippen LogP contribution < -0.4 is 10.2 Å². The summed E-state index contributed by atoms with van der Waals surface area (Å²) < 4.78 is 43.8. The van der Waals surface area contributed by atoms with Crippen molar-refractivity contribution in [1.82, 2.24) is 4.98 Å². The fraction of sp³-hybridized carbons (Fsp3) is 0.294. The molecule has 26 heavy (non-hydrogen) atoms. The molecule has 1 aromatic heterocycles. The van der Waals surface area contributed by atoms with E-state index in [1.807, 2.05) is 4.90 Å². The SMILES string of the molecule is O=C(Nc1cc(C(F)(F)F)ccc1Cl)c1cncc(N2CCOCC2)c1. The van der Waals surface area contributed by atoms with Crippen molar-refractivity contribution in [3.8, 4) is 0 Å². The van der Waals surface area contributed by atoms with E-state index in [1.54, 1.807) is 12.3 Å². The van der Waals surface area contributed by atoms with Gasteiger partial charge in [0.05, 0.1) is 46.9 Å². The van der Waals surface area contributed by atoms with Gasteiger partial charge in [-0.25, -0.2) is 0 Å². The topological polar surface area (TPSA) is 54.5 Å². The lowest BCUT2D eigenvalue weighted by Gasteiger charge is -2.28. The zero-order valence-corrected chi connectivity index (χ0v) is 14.3. The Kier molecular flexibility index (Phi) is 5.33. The number of ether oxygens (including phenoxy) is 1.